The van der Waals surface area contributed by atoms with Gasteiger partial charge in [0.15, 0.2) is 5.96 Å². The van der Waals surface area contributed by atoms with E-state index < -0.39 is 6.10 Å². The van der Waals surface area contributed by atoms with E-state index in [1.807, 2.05) is 6.92 Å². The Kier molecular flexibility index (Phi) is 9.42. The highest BCUT2D eigenvalue weighted by Crippen LogP contribution is 2.28. The molecule has 1 unspecified atom stereocenters. The zero-order chi connectivity index (χ0) is 15.5. The van der Waals surface area contributed by atoms with Gasteiger partial charge in [0.1, 0.15) is 0 Å². The fourth-order valence-corrected chi connectivity index (χ4v) is 1.96. The molecule has 0 spiro atoms. The molecule has 1 aliphatic carbocycles. The van der Waals surface area contributed by atoms with Crippen LogP contribution >= 0.6 is 0 Å². The Bertz CT molecular complexity index is 291. The highest BCUT2D eigenvalue weighted by atomic mass is 16.5. The molecule has 1 atom stereocenters. The summed E-state index contributed by atoms with van der Waals surface area (Å²) in [4.78, 5) is 4.41. The van der Waals surface area contributed by atoms with E-state index >= 15 is 0 Å². The van der Waals surface area contributed by atoms with Crippen LogP contribution in [0.5, 0.6) is 0 Å². The van der Waals surface area contributed by atoms with Crippen LogP contribution in [0.2, 0.25) is 0 Å². The van der Waals surface area contributed by atoms with Gasteiger partial charge in [0.2, 0.25) is 0 Å². The Hall–Kier alpha value is -0.810. The first-order chi connectivity index (χ1) is 10.1. The van der Waals surface area contributed by atoms with Gasteiger partial charge in [-0.2, -0.15) is 0 Å². The molecule has 0 aromatic heterocycles. The lowest BCUT2D eigenvalue weighted by atomic mass is 10.1. The summed E-state index contributed by atoms with van der Waals surface area (Å²) in [6.45, 7) is 9.79. The Balaban J connectivity index is 2.15. The second-order valence-electron chi connectivity index (χ2n) is 6.32. The number of aliphatic hydroxyl groups excluding tert-OH is 1. The van der Waals surface area contributed by atoms with Crippen LogP contribution in [0.15, 0.2) is 4.99 Å². The molecule has 1 aliphatic rings. The van der Waals surface area contributed by atoms with Gasteiger partial charge in [-0.15, -0.1) is 0 Å². The molecule has 1 rings (SSSR count). The number of hydrogen-bond acceptors (Lipinski definition) is 3. The summed E-state index contributed by atoms with van der Waals surface area (Å²) in [5, 5.41) is 16.4. The van der Waals surface area contributed by atoms with Crippen molar-refractivity contribution < 1.29 is 9.84 Å². The molecule has 21 heavy (non-hydrogen) atoms. The van der Waals surface area contributed by atoms with Crippen molar-refractivity contribution in [2.75, 3.05) is 32.8 Å². The van der Waals surface area contributed by atoms with Crippen LogP contribution in [0.4, 0.5) is 0 Å². The van der Waals surface area contributed by atoms with E-state index in [1.165, 1.54) is 19.3 Å². The average Bonchev–Trinajstić information content (AvgIpc) is 3.24. The van der Waals surface area contributed by atoms with Gasteiger partial charge in [-0.1, -0.05) is 13.8 Å². The largest absolute Gasteiger partial charge is 0.389 e. The molecule has 0 aromatic carbocycles. The van der Waals surface area contributed by atoms with Crippen molar-refractivity contribution in [1.82, 2.24) is 10.6 Å². The molecule has 3 N–H and O–H groups in total. The van der Waals surface area contributed by atoms with Crippen LogP contribution < -0.4 is 10.6 Å². The van der Waals surface area contributed by atoms with Crippen LogP contribution in [0.1, 0.15) is 46.5 Å². The Morgan fingerprint density at radius 2 is 2.10 bits per heavy atom. The van der Waals surface area contributed by atoms with E-state index in [-0.39, 0.29) is 0 Å². The van der Waals surface area contributed by atoms with Gasteiger partial charge >= 0.3 is 0 Å². The van der Waals surface area contributed by atoms with E-state index in [4.69, 9.17) is 4.74 Å². The number of guanidine groups is 1. The number of rotatable bonds is 11. The maximum absolute atomic E-state index is 9.86. The van der Waals surface area contributed by atoms with E-state index in [2.05, 4.69) is 29.5 Å². The number of aliphatic imine (C=N–C) groups is 1. The fraction of sp³-hybridized carbons (Fsp3) is 0.938. The van der Waals surface area contributed by atoms with Crippen LogP contribution in [-0.4, -0.2) is 50.0 Å². The van der Waals surface area contributed by atoms with Crippen molar-refractivity contribution >= 4 is 5.96 Å². The number of hydrogen-bond donors (Lipinski definition) is 3. The molecule has 0 saturated heterocycles. The van der Waals surface area contributed by atoms with Gasteiger partial charge < -0.3 is 20.5 Å². The molecular weight excluding hydrogens is 266 g/mol. The number of aliphatic hydroxyl groups is 1. The number of ether oxygens (including phenoxy) is 1. The minimum Gasteiger partial charge on any atom is -0.389 e. The smallest absolute Gasteiger partial charge is 0.191 e. The van der Waals surface area contributed by atoms with Crippen molar-refractivity contribution in [3.8, 4) is 0 Å². The molecule has 0 aromatic rings. The third kappa shape index (κ3) is 10.5. The van der Waals surface area contributed by atoms with Crippen molar-refractivity contribution in [3.05, 3.63) is 0 Å². The van der Waals surface area contributed by atoms with E-state index in [0.29, 0.717) is 13.2 Å². The molecule has 124 valence electrons. The molecule has 0 bridgehead atoms. The SMILES string of the molecule is CCNC(=NCC(O)COCC1CC1)NCCCC(C)C. The summed E-state index contributed by atoms with van der Waals surface area (Å²) >= 11 is 0. The first kappa shape index (κ1) is 18.2. The summed E-state index contributed by atoms with van der Waals surface area (Å²) in [6.07, 6.45) is 4.38. The molecule has 0 heterocycles. The second-order valence-corrected chi connectivity index (χ2v) is 6.32. The minimum absolute atomic E-state index is 0.379. The first-order valence-corrected chi connectivity index (χ1v) is 8.39. The predicted octanol–water partition coefficient (Wildman–Crippen LogP) is 1.77. The topological polar surface area (TPSA) is 65.9 Å². The minimum atomic E-state index is -0.519. The number of nitrogens with zero attached hydrogens (tertiary/aromatic N) is 1. The number of nitrogens with one attached hydrogen (secondary N) is 2. The van der Waals surface area contributed by atoms with Gasteiger partial charge in [0, 0.05) is 19.7 Å². The Labute approximate surface area is 129 Å². The molecule has 1 fully saturated rings. The molecular formula is C16H33N3O2. The van der Waals surface area contributed by atoms with Crippen LogP contribution in [0.3, 0.4) is 0 Å². The predicted molar refractivity (Wildman–Crippen MR) is 87.6 cm³/mol. The van der Waals surface area contributed by atoms with Crippen molar-refractivity contribution in [2.45, 2.75) is 52.6 Å². The van der Waals surface area contributed by atoms with Gasteiger partial charge in [-0.25, -0.2) is 0 Å². The highest BCUT2D eigenvalue weighted by molar-refractivity contribution is 5.79. The first-order valence-electron chi connectivity index (χ1n) is 8.39. The van der Waals surface area contributed by atoms with Gasteiger partial charge in [-0.05, 0) is 44.4 Å². The summed E-state index contributed by atoms with van der Waals surface area (Å²) in [5.41, 5.74) is 0. The maximum Gasteiger partial charge on any atom is 0.191 e. The van der Waals surface area contributed by atoms with Crippen molar-refractivity contribution in [2.24, 2.45) is 16.8 Å². The third-order valence-electron chi connectivity index (χ3n) is 3.42. The zero-order valence-corrected chi connectivity index (χ0v) is 13.9. The van der Waals surface area contributed by atoms with Gasteiger partial charge in [-0.3, -0.25) is 4.99 Å². The summed E-state index contributed by atoms with van der Waals surface area (Å²) in [6, 6.07) is 0. The standard InChI is InChI=1S/C16H33N3O2/c1-4-17-16(18-9-5-6-13(2)3)19-10-15(20)12-21-11-14-7-8-14/h13-15,20H,4-12H2,1-3H3,(H2,17,18,19). The van der Waals surface area contributed by atoms with Crippen molar-refractivity contribution in [3.63, 3.8) is 0 Å². The normalized spacial score (nSPS) is 17.1. The van der Waals surface area contributed by atoms with Gasteiger partial charge in [0.25, 0.3) is 0 Å². The molecule has 0 aliphatic heterocycles. The second kappa shape index (κ2) is 10.9. The van der Waals surface area contributed by atoms with Crippen LogP contribution in [0.25, 0.3) is 0 Å². The third-order valence-corrected chi connectivity index (χ3v) is 3.42. The Morgan fingerprint density at radius 1 is 1.33 bits per heavy atom. The van der Waals surface area contributed by atoms with E-state index in [1.54, 1.807) is 0 Å². The average molecular weight is 299 g/mol. The summed E-state index contributed by atoms with van der Waals surface area (Å²) < 4.78 is 5.48. The lowest BCUT2D eigenvalue weighted by Gasteiger charge is -2.13. The highest BCUT2D eigenvalue weighted by Gasteiger charge is 2.21. The molecule has 5 nitrogen and oxygen atoms in total. The monoisotopic (exact) mass is 299 g/mol. The summed E-state index contributed by atoms with van der Waals surface area (Å²) in [7, 11) is 0. The zero-order valence-electron chi connectivity index (χ0n) is 13.9. The molecule has 1 saturated carbocycles. The quantitative estimate of drug-likeness (QED) is 0.309. The van der Waals surface area contributed by atoms with Crippen molar-refractivity contribution in [1.29, 1.82) is 0 Å². The van der Waals surface area contributed by atoms with Gasteiger partial charge in [0.05, 0.1) is 19.3 Å². The Morgan fingerprint density at radius 3 is 2.71 bits per heavy atom. The lowest BCUT2D eigenvalue weighted by molar-refractivity contribution is 0.0368. The maximum atomic E-state index is 9.86. The lowest BCUT2D eigenvalue weighted by Crippen LogP contribution is -2.38. The molecule has 0 radical (unpaired) electrons. The molecule has 5 heteroatoms. The molecule has 0 amide bonds. The van der Waals surface area contributed by atoms with E-state index in [0.717, 1.165) is 43.9 Å². The summed E-state index contributed by atoms with van der Waals surface area (Å²) in [5.74, 6) is 2.25. The van der Waals surface area contributed by atoms with Crippen LogP contribution in [0, 0.1) is 11.8 Å². The van der Waals surface area contributed by atoms with Crippen LogP contribution in [-0.2, 0) is 4.74 Å². The van der Waals surface area contributed by atoms with E-state index in [9.17, 15) is 5.11 Å². The fourth-order valence-electron chi connectivity index (χ4n) is 1.96.